The summed E-state index contributed by atoms with van der Waals surface area (Å²) in [7, 11) is 2.85. The minimum absolute atomic E-state index is 0.0922. The molecule has 176 valence electrons. The number of hydrogen-bond acceptors (Lipinski definition) is 9. The number of carbonyl (C=O) groups is 1. The Labute approximate surface area is 179 Å². The number of aliphatic hydroxyl groups excluding tert-OH is 1. The fourth-order valence-electron chi connectivity index (χ4n) is 3.82. The highest BCUT2D eigenvalue weighted by molar-refractivity contribution is 5.73. The molecule has 1 N–H and O–H groups in total. The van der Waals surface area contributed by atoms with Crippen molar-refractivity contribution in [1.29, 1.82) is 0 Å². The van der Waals surface area contributed by atoms with E-state index in [0.29, 0.717) is 26.1 Å². The van der Waals surface area contributed by atoms with Crippen molar-refractivity contribution >= 4 is 5.97 Å². The lowest BCUT2D eigenvalue weighted by Gasteiger charge is -2.32. The largest absolute Gasteiger partial charge is 0.469 e. The van der Waals surface area contributed by atoms with Crippen LogP contribution in [0.5, 0.6) is 0 Å². The summed E-state index contributed by atoms with van der Waals surface area (Å²) in [5, 5.41) is 10.8. The van der Waals surface area contributed by atoms with Crippen molar-refractivity contribution < 1.29 is 43.1 Å². The van der Waals surface area contributed by atoms with Gasteiger partial charge in [0.05, 0.1) is 37.9 Å². The Bertz CT molecular complexity index is 507. The maximum atomic E-state index is 12.4. The van der Waals surface area contributed by atoms with Gasteiger partial charge in [0.15, 0.2) is 12.1 Å². The topological polar surface area (TPSA) is 102 Å². The molecule has 0 radical (unpaired) electrons. The fourth-order valence-corrected chi connectivity index (χ4v) is 3.82. The number of carbonyl (C=O) groups excluding carboxylic acids is 1. The quantitative estimate of drug-likeness (QED) is 0.365. The van der Waals surface area contributed by atoms with Gasteiger partial charge in [-0.2, -0.15) is 0 Å². The van der Waals surface area contributed by atoms with Gasteiger partial charge in [-0.05, 0) is 52.9 Å². The lowest BCUT2D eigenvalue weighted by molar-refractivity contribution is -0.210. The van der Waals surface area contributed by atoms with Crippen LogP contribution < -0.4 is 0 Å². The van der Waals surface area contributed by atoms with Crippen LogP contribution in [0, 0.1) is 5.92 Å². The molecule has 2 heterocycles. The fraction of sp³-hybridized carbons (Fsp3) is 0.952. The predicted molar refractivity (Wildman–Crippen MR) is 107 cm³/mol. The first-order chi connectivity index (χ1) is 14.3. The van der Waals surface area contributed by atoms with Gasteiger partial charge < -0.3 is 38.3 Å². The van der Waals surface area contributed by atoms with Crippen LogP contribution in [0.2, 0.25) is 0 Å². The van der Waals surface area contributed by atoms with Crippen molar-refractivity contribution in [2.45, 2.75) is 89.4 Å². The van der Waals surface area contributed by atoms with Gasteiger partial charge in [0.1, 0.15) is 12.9 Å². The molecule has 2 rings (SSSR count). The summed E-state index contributed by atoms with van der Waals surface area (Å²) < 4.78 is 38.7. The average Bonchev–Trinajstić information content (AvgIpc) is 3.10. The molecule has 0 aromatic rings. The molecule has 0 aromatic heterocycles. The Balaban J connectivity index is 1.97. The van der Waals surface area contributed by atoms with E-state index in [9.17, 15) is 9.90 Å². The van der Waals surface area contributed by atoms with Gasteiger partial charge in [0, 0.05) is 13.7 Å². The van der Waals surface area contributed by atoms with E-state index in [4.69, 9.17) is 33.2 Å². The Morgan fingerprint density at radius 2 is 2.00 bits per heavy atom. The molecule has 2 saturated heterocycles. The van der Waals surface area contributed by atoms with Gasteiger partial charge in [0.2, 0.25) is 0 Å². The standard InChI is InChI=1S/C21H38O9/c1-14(29-18-8-6-7-11-26-18)19(22)15(20(23)25-5)9-10-16(27-13-24-4)17-12-28-21(2,3)30-17/h14-19,22H,6-13H2,1-5H3/t14-,15?,16+,17+,18?,19?/m0/s1. The molecule has 2 aliphatic heterocycles. The number of ether oxygens (including phenoxy) is 7. The van der Waals surface area contributed by atoms with Gasteiger partial charge in [-0.25, -0.2) is 0 Å². The molecule has 2 aliphatic rings. The summed E-state index contributed by atoms with van der Waals surface area (Å²) in [4.78, 5) is 12.4. The molecule has 0 aliphatic carbocycles. The van der Waals surface area contributed by atoms with Crippen molar-refractivity contribution in [1.82, 2.24) is 0 Å². The first-order valence-electron chi connectivity index (χ1n) is 10.7. The van der Waals surface area contributed by atoms with Gasteiger partial charge in [-0.3, -0.25) is 4.79 Å². The zero-order chi connectivity index (χ0) is 22.1. The third-order valence-corrected chi connectivity index (χ3v) is 5.51. The molecule has 30 heavy (non-hydrogen) atoms. The maximum absolute atomic E-state index is 12.4. The van der Waals surface area contributed by atoms with E-state index in [1.165, 1.54) is 7.11 Å². The lowest BCUT2D eigenvalue weighted by Crippen LogP contribution is -2.42. The number of esters is 1. The zero-order valence-electron chi connectivity index (χ0n) is 18.8. The summed E-state index contributed by atoms with van der Waals surface area (Å²) >= 11 is 0. The highest BCUT2D eigenvalue weighted by atomic mass is 16.8. The molecule has 9 heteroatoms. The number of aliphatic hydroxyl groups is 1. The smallest absolute Gasteiger partial charge is 0.311 e. The van der Waals surface area contributed by atoms with Crippen LogP contribution in [0.3, 0.4) is 0 Å². The normalized spacial score (nSPS) is 27.9. The van der Waals surface area contributed by atoms with E-state index < -0.39 is 29.9 Å². The second-order valence-electron chi connectivity index (χ2n) is 8.31. The number of methoxy groups -OCH3 is 2. The van der Waals surface area contributed by atoms with Gasteiger partial charge in [0.25, 0.3) is 0 Å². The molecule has 0 amide bonds. The molecule has 0 aromatic carbocycles. The number of rotatable bonds is 12. The van der Waals surface area contributed by atoms with E-state index in [1.54, 1.807) is 14.0 Å². The van der Waals surface area contributed by atoms with Gasteiger partial charge in [-0.1, -0.05) is 0 Å². The minimum atomic E-state index is -1.04. The highest BCUT2D eigenvalue weighted by Gasteiger charge is 2.40. The van der Waals surface area contributed by atoms with Crippen molar-refractivity contribution in [2.24, 2.45) is 5.92 Å². The molecule has 0 saturated carbocycles. The third-order valence-electron chi connectivity index (χ3n) is 5.51. The summed E-state index contributed by atoms with van der Waals surface area (Å²) in [5.74, 6) is -1.95. The van der Waals surface area contributed by atoms with Crippen molar-refractivity contribution in [3.63, 3.8) is 0 Å². The van der Waals surface area contributed by atoms with E-state index in [-0.39, 0.29) is 25.3 Å². The summed E-state index contributed by atoms with van der Waals surface area (Å²) in [5.41, 5.74) is 0. The van der Waals surface area contributed by atoms with Crippen LogP contribution in [-0.2, 0) is 38.0 Å². The molecule has 0 spiro atoms. The van der Waals surface area contributed by atoms with E-state index in [2.05, 4.69) is 0 Å². The van der Waals surface area contributed by atoms with Crippen molar-refractivity contribution in [3.8, 4) is 0 Å². The molecule has 2 fully saturated rings. The Hall–Kier alpha value is -0.810. The molecular formula is C21H38O9. The first-order valence-corrected chi connectivity index (χ1v) is 10.7. The van der Waals surface area contributed by atoms with Gasteiger partial charge >= 0.3 is 5.97 Å². The van der Waals surface area contributed by atoms with Crippen LogP contribution >= 0.6 is 0 Å². The SMILES string of the molecule is COCO[C@H](CCC(C(=O)OC)C(O)[C@H](C)OC1CCCCO1)[C@H]1COC(C)(C)O1. The van der Waals surface area contributed by atoms with E-state index >= 15 is 0 Å². The Morgan fingerprint density at radius 3 is 2.57 bits per heavy atom. The summed E-state index contributed by atoms with van der Waals surface area (Å²) in [6.07, 6.45) is 0.967. The summed E-state index contributed by atoms with van der Waals surface area (Å²) in [6.45, 7) is 6.54. The van der Waals surface area contributed by atoms with Crippen molar-refractivity contribution in [2.75, 3.05) is 34.2 Å². The molecule has 3 unspecified atom stereocenters. The van der Waals surface area contributed by atoms with E-state index in [1.807, 2.05) is 13.8 Å². The summed E-state index contributed by atoms with van der Waals surface area (Å²) in [6, 6.07) is 0. The van der Waals surface area contributed by atoms with Crippen LogP contribution in [0.25, 0.3) is 0 Å². The molecule has 9 nitrogen and oxygen atoms in total. The monoisotopic (exact) mass is 434 g/mol. The Morgan fingerprint density at radius 1 is 1.23 bits per heavy atom. The minimum Gasteiger partial charge on any atom is -0.469 e. The second-order valence-corrected chi connectivity index (χ2v) is 8.31. The van der Waals surface area contributed by atoms with Crippen molar-refractivity contribution in [3.05, 3.63) is 0 Å². The highest BCUT2D eigenvalue weighted by Crippen LogP contribution is 2.29. The predicted octanol–water partition coefficient (Wildman–Crippen LogP) is 1.99. The average molecular weight is 435 g/mol. The van der Waals surface area contributed by atoms with Crippen LogP contribution in [0.1, 0.15) is 52.9 Å². The number of hydrogen-bond donors (Lipinski definition) is 1. The third kappa shape index (κ3) is 7.71. The molecule has 0 bridgehead atoms. The van der Waals surface area contributed by atoms with Crippen LogP contribution in [0.4, 0.5) is 0 Å². The second kappa shape index (κ2) is 12.3. The Kier molecular flexibility index (Phi) is 10.4. The molecule has 6 atom stereocenters. The lowest BCUT2D eigenvalue weighted by atomic mass is 9.91. The first kappa shape index (κ1) is 25.5. The zero-order valence-corrected chi connectivity index (χ0v) is 18.8. The van der Waals surface area contributed by atoms with Crippen LogP contribution in [0.15, 0.2) is 0 Å². The van der Waals surface area contributed by atoms with Crippen LogP contribution in [-0.4, -0.2) is 81.8 Å². The maximum Gasteiger partial charge on any atom is 0.311 e. The molecular weight excluding hydrogens is 396 g/mol. The van der Waals surface area contributed by atoms with Gasteiger partial charge in [-0.15, -0.1) is 0 Å². The van der Waals surface area contributed by atoms with E-state index in [0.717, 1.165) is 19.3 Å².